The van der Waals surface area contributed by atoms with Gasteiger partial charge in [0.1, 0.15) is 0 Å². The maximum absolute atomic E-state index is 3.68. The number of nitrogens with one attached hydrogen (secondary N) is 1. The molecule has 0 bridgehead atoms. The molecule has 0 aromatic carbocycles. The Morgan fingerprint density at radius 1 is 1.26 bits per heavy atom. The van der Waals surface area contributed by atoms with E-state index in [0.717, 1.165) is 17.8 Å². The highest BCUT2D eigenvalue weighted by Gasteiger charge is 2.24. The van der Waals surface area contributed by atoms with Gasteiger partial charge in [-0.15, -0.1) is 11.3 Å². The lowest BCUT2D eigenvalue weighted by Crippen LogP contribution is -2.32. The second-order valence-electron chi connectivity index (χ2n) is 6.47. The molecule has 2 heteroatoms. The molecule has 2 rings (SSSR count). The normalized spacial score (nSPS) is 23.9. The van der Waals surface area contributed by atoms with E-state index in [0.29, 0.717) is 0 Å². The van der Waals surface area contributed by atoms with Crippen molar-refractivity contribution < 1.29 is 0 Å². The first-order valence-electron chi connectivity index (χ1n) is 7.99. The van der Waals surface area contributed by atoms with Gasteiger partial charge in [0.25, 0.3) is 0 Å². The predicted molar refractivity (Wildman–Crippen MR) is 85.8 cm³/mol. The maximum atomic E-state index is 3.68. The molecule has 2 atom stereocenters. The molecule has 0 spiro atoms. The zero-order chi connectivity index (χ0) is 13.5. The summed E-state index contributed by atoms with van der Waals surface area (Å²) < 4.78 is 0. The Kier molecular flexibility index (Phi) is 6.39. The second kappa shape index (κ2) is 8.06. The van der Waals surface area contributed by atoms with Gasteiger partial charge >= 0.3 is 0 Å². The van der Waals surface area contributed by atoms with Gasteiger partial charge in [0.15, 0.2) is 0 Å². The van der Waals surface area contributed by atoms with Crippen LogP contribution in [0.2, 0.25) is 0 Å². The summed E-state index contributed by atoms with van der Waals surface area (Å²) in [6, 6.07) is 4.47. The minimum absolute atomic E-state index is 0.771. The Balaban J connectivity index is 1.75. The van der Waals surface area contributed by atoms with Gasteiger partial charge in [0.05, 0.1) is 0 Å². The molecule has 0 amide bonds. The van der Waals surface area contributed by atoms with Gasteiger partial charge in [-0.25, -0.2) is 0 Å². The first kappa shape index (κ1) is 15.1. The van der Waals surface area contributed by atoms with Crippen LogP contribution in [0.25, 0.3) is 0 Å². The lowest BCUT2D eigenvalue weighted by molar-refractivity contribution is 0.216. The smallest absolute Gasteiger partial charge is 0.00453 e. The monoisotopic (exact) mass is 279 g/mol. The van der Waals surface area contributed by atoms with Gasteiger partial charge in [-0.05, 0) is 61.6 Å². The van der Waals surface area contributed by atoms with Crippen molar-refractivity contribution in [3.05, 3.63) is 22.4 Å². The van der Waals surface area contributed by atoms with E-state index in [2.05, 4.69) is 36.7 Å². The molecular formula is C17H29NS. The quantitative estimate of drug-likeness (QED) is 0.760. The van der Waals surface area contributed by atoms with E-state index in [-0.39, 0.29) is 0 Å². The third kappa shape index (κ3) is 5.27. The number of hydrogen-bond donors (Lipinski definition) is 1. The first-order valence-corrected chi connectivity index (χ1v) is 8.86. The highest BCUT2D eigenvalue weighted by Crippen LogP contribution is 2.33. The molecule has 0 saturated heterocycles. The van der Waals surface area contributed by atoms with E-state index in [1.165, 1.54) is 51.6 Å². The molecule has 1 fully saturated rings. The molecule has 1 saturated carbocycles. The maximum Gasteiger partial charge on any atom is 0.00453 e. The van der Waals surface area contributed by atoms with Crippen LogP contribution >= 0.6 is 11.3 Å². The van der Waals surface area contributed by atoms with Gasteiger partial charge in [-0.2, -0.15) is 0 Å². The van der Waals surface area contributed by atoms with E-state index in [4.69, 9.17) is 0 Å². The Morgan fingerprint density at radius 2 is 2.05 bits per heavy atom. The van der Waals surface area contributed by atoms with Crippen LogP contribution in [-0.2, 0) is 6.42 Å². The largest absolute Gasteiger partial charge is 0.316 e. The van der Waals surface area contributed by atoms with Crippen LogP contribution in [0, 0.1) is 17.8 Å². The standard InChI is InChI=1S/C17H29NS/c1-14(2)12-18-13-16-7-4-3-6-15(16)9-10-17-8-5-11-19-17/h5,8,11,14-16,18H,3-4,6-7,9-10,12-13H2,1-2H3. The van der Waals surface area contributed by atoms with Crippen molar-refractivity contribution in [1.82, 2.24) is 5.32 Å². The lowest BCUT2D eigenvalue weighted by Gasteiger charge is -2.32. The highest BCUT2D eigenvalue weighted by molar-refractivity contribution is 7.09. The van der Waals surface area contributed by atoms with Crippen molar-refractivity contribution >= 4 is 11.3 Å². The van der Waals surface area contributed by atoms with Crippen molar-refractivity contribution in [2.75, 3.05) is 13.1 Å². The highest BCUT2D eigenvalue weighted by atomic mass is 32.1. The summed E-state index contributed by atoms with van der Waals surface area (Å²) in [6.45, 7) is 7.01. The molecule has 1 nitrogen and oxygen atoms in total. The molecule has 108 valence electrons. The number of hydrogen-bond acceptors (Lipinski definition) is 2. The fourth-order valence-electron chi connectivity index (χ4n) is 3.27. The molecule has 1 aliphatic carbocycles. The minimum Gasteiger partial charge on any atom is -0.316 e. The lowest BCUT2D eigenvalue weighted by atomic mass is 9.76. The summed E-state index contributed by atoms with van der Waals surface area (Å²) in [4.78, 5) is 1.57. The van der Waals surface area contributed by atoms with Gasteiger partial charge in [0.2, 0.25) is 0 Å². The van der Waals surface area contributed by atoms with Crippen LogP contribution in [0.4, 0.5) is 0 Å². The van der Waals surface area contributed by atoms with Crippen molar-refractivity contribution in [2.24, 2.45) is 17.8 Å². The third-order valence-corrected chi connectivity index (χ3v) is 5.30. The summed E-state index contributed by atoms with van der Waals surface area (Å²) in [5.74, 6) is 2.65. The predicted octanol–water partition coefficient (Wildman–Crippen LogP) is 4.73. The van der Waals surface area contributed by atoms with Crippen molar-refractivity contribution in [3.8, 4) is 0 Å². The molecule has 1 aromatic heterocycles. The summed E-state index contributed by atoms with van der Waals surface area (Å²) in [7, 11) is 0. The summed E-state index contributed by atoms with van der Waals surface area (Å²) in [5, 5.41) is 5.89. The van der Waals surface area contributed by atoms with Crippen molar-refractivity contribution in [2.45, 2.75) is 52.4 Å². The van der Waals surface area contributed by atoms with E-state index >= 15 is 0 Å². The van der Waals surface area contributed by atoms with Gasteiger partial charge in [-0.1, -0.05) is 39.2 Å². The molecule has 0 radical (unpaired) electrons. The molecular weight excluding hydrogens is 250 g/mol. The van der Waals surface area contributed by atoms with Crippen LogP contribution in [-0.4, -0.2) is 13.1 Å². The molecule has 1 N–H and O–H groups in total. The van der Waals surface area contributed by atoms with Crippen LogP contribution in [0.5, 0.6) is 0 Å². The van der Waals surface area contributed by atoms with Gasteiger partial charge in [-0.3, -0.25) is 0 Å². The first-order chi connectivity index (χ1) is 9.25. The Labute approximate surface area is 122 Å². The summed E-state index contributed by atoms with van der Waals surface area (Å²) in [5.41, 5.74) is 0. The van der Waals surface area contributed by atoms with E-state index in [1.807, 2.05) is 11.3 Å². The van der Waals surface area contributed by atoms with Crippen molar-refractivity contribution in [3.63, 3.8) is 0 Å². The number of rotatable bonds is 7. The minimum atomic E-state index is 0.771. The SMILES string of the molecule is CC(C)CNCC1CCCCC1CCc1cccs1. The Morgan fingerprint density at radius 3 is 2.74 bits per heavy atom. The van der Waals surface area contributed by atoms with Gasteiger partial charge < -0.3 is 5.32 Å². The molecule has 0 aliphatic heterocycles. The average molecular weight is 279 g/mol. The average Bonchev–Trinajstić information content (AvgIpc) is 2.90. The van der Waals surface area contributed by atoms with Gasteiger partial charge in [0, 0.05) is 4.88 Å². The molecule has 2 unspecified atom stereocenters. The van der Waals surface area contributed by atoms with Crippen LogP contribution < -0.4 is 5.32 Å². The molecule has 1 aromatic rings. The van der Waals surface area contributed by atoms with E-state index in [1.54, 1.807) is 4.88 Å². The zero-order valence-corrected chi connectivity index (χ0v) is 13.3. The fourth-order valence-corrected chi connectivity index (χ4v) is 4.00. The van der Waals surface area contributed by atoms with E-state index < -0.39 is 0 Å². The topological polar surface area (TPSA) is 12.0 Å². The van der Waals surface area contributed by atoms with E-state index in [9.17, 15) is 0 Å². The van der Waals surface area contributed by atoms with Crippen LogP contribution in [0.3, 0.4) is 0 Å². The third-order valence-electron chi connectivity index (χ3n) is 4.37. The number of thiophene rings is 1. The Bertz CT molecular complexity index is 331. The molecule has 19 heavy (non-hydrogen) atoms. The van der Waals surface area contributed by atoms with Crippen molar-refractivity contribution in [1.29, 1.82) is 0 Å². The molecule has 1 aliphatic rings. The summed E-state index contributed by atoms with van der Waals surface area (Å²) in [6.07, 6.45) is 8.50. The van der Waals surface area contributed by atoms with Crippen LogP contribution in [0.1, 0.15) is 50.8 Å². The number of aryl methyl sites for hydroxylation is 1. The fraction of sp³-hybridized carbons (Fsp3) is 0.765. The summed E-state index contributed by atoms with van der Waals surface area (Å²) >= 11 is 1.92. The Hall–Kier alpha value is -0.340. The van der Waals surface area contributed by atoms with Crippen LogP contribution in [0.15, 0.2) is 17.5 Å². The second-order valence-corrected chi connectivity index (χ2v) is 7.51. The zero-order valence-electron chi connectivity index (χ0n) is 12.5. The molecule has 1 heterocycles.